The van der Waals surface area contributed by atoms with Crippen molar-refractivity contribution in [2.45, 2.75) is 12.9 Å². The van der Waals surface area contributed by atoms with Crippen LogP contribution in [0.3, 0.4) is 0 Å². The van der Waals surface area contributed by atoms with E-state index in [2.05, 4.69) is 15.2 Å². The molecule has 0 saturated heterocycles. The number of ether oxygens (including phenoxy) is 1. The van der Waals surface area contributed by atoms with Crippen LogP contribution in [0.2, 0.25) is 0 Å². The molecule has 0 bridgehead atoms. The van der Waals surface area contributed by atoms with Gasteiger partial charge in [-0.1, -0.05) is 6.07 Å². The molecule has 9 heteroatoms. The van der Waals surface area contributed by atoms with Crippen LogP contribution < -0.4 is 10.1 Å². The minimum atomic E-state index is -4.77. The number of aromatic nitrogens is 2. The number of rotatable bonds is 5. The minimum absolute atomic E-state index is 0.207. The van der Waals surface area contributed by atoms with E-state index < -0.39 is 12.3 Å². The van der Waals surface area contributed by atoms with Gasteiger partial charge >= 0.3 is 6.36 Å². The second-order valence-corrected chi connectivity index (χ2v) is 6.01. The van der Waals surface area contributed by atoms with Gasteiger partial charge in [0.15, 0.2) is 0 Å². The molecule has 5 nitrogen and oxygen atoms in total. The van der Waals surface area contributed by atoms with Crippen molar-refractivity contribution in [3.63, 3.8) is 0 Å². The normalized spacial score (nSPS) is 11.3. The summed E-state index contributed by atoms with van der Waals surface area (Å²) in [5.41, 5.74) is 0.207. The molecule has 130 valence electrons. The number of benzene rings is 1. The third-order valence-electron chi connectivity index (χ3n) is 3.19. The largest absolute Gasteiger partial charge is 0.573 e. The minimum Gasteiger partial charge on any atom is -0.406 e. The highest BCUT2D eigenvalue weighted by molar-refractivity contribution is 7.09. The average molecular weight is 367 g/mol. The molecule has 3 aromatic rings. The summed E-state index contributed by atoms with van der Waals surface area (Å²) in [6.07, 6.45) is -3.21. The lowest BCUT2D eigenvalue weighted by Crippen LogP contribution is -2.18. The molecule has 1 amide bonds. The predicted octanol–water partition coefficient (Wildman–Crippen LogP) is 4.14. The van der Waals surface area contributed by atoms with Gasteiger partial charge in [-0.25, -0.2) is 4.68 Å². The summed E-state index contributed by atoms with van der Waals surface area (Å²) in [7, 11) is 0. The van der Waals surface area contributed by atoms with Gasteiger partial charge in [-0.3, -0.25) is 4.79 Å². The first-order valence-corrected chi connectivity index (χ1v) is 8.00. The lowest BCUT2D eigenvalue weighted by atomic mass is 10.2. The van der Waals surface area contributed by atoms with Gasteiger partial charge in [-0.2, -0.15) is 5.10 Å². The van der Waals surface area contributed by atoms with Crippen LogP contribution >= 0.6 is 11.3 Å². The molecule has 0 aliphatic carbocycles. The summed E-state index contributed by atoms with van der Waals surface area (Å²) >= 11 is 1.57. The van der Waals surface area contributed by atoms with E-state index in [1.165, 1.54) is 12.1 Å². The summed E-state index contributed by atoms with van der Waals surface area (Å²) in [6.45, 7) is 0.513. The maximum absolute atomic E-state index is 12.3. The molecule has 2 aromatic heterocycles. The van der Waals surface area contributed by atoms with E-state index >= 15 is 0 Å². The number of halogens is 3. The molecular weight excluding hydrogens is 355 g/mol. The molecule has 0 fully saturated rings. The smallest absolute Gasteiger partial charge is 0.406 e. The fourth-order valence-corrected chi connectivity index (χ4v) is 2.80. The third kappa shape index (κ3) is 4.60. The van der Waals surface area contributed by atoms with Crippen molar-refractivity contribution in [2.24, 2.45) is 0 Å². The summed E-state index contributed by atoms with van der Waals surface area (Å²) in [6, 6.07) is 10.2. The number of hydrogen-bond donors (Lipinski definition) is 1. The molecule has 0 aliphatic heterocycles. The Kier molecular flexibility index (Phi) is 4.75. The zero-order valence-electron chi connectivity index (χ0n) is 12.7. The molecule has 0 radical (unpaired) electrons. The Bertz CT molecular complexity index is 842. The standard InChI is InChI=1S/C16H12F3N3O2S/c17-16(18,19)24-12-5-3-11(4-6-12)15(23)21-14-7-8-20-22(14)10-13-2-1-9-25-13/h1-9H,10H2,(H,21,23). The molecule has 25 heavy (non-hydrogen) atoms. The van der Waals surface area contributed by atoms with E-state index in [-0.39, 0.29) is 11.3 Å². The number of carbonyl (C=O) groups excluding carboxylic acids is 1. The van der Waals surface area contributed by atoms with E-state index in [1.54, 1.807) is 28.3 Å². The van der Waals surface area contributed by atoms with Gasteiger partial charge in [0.1, 0.15) is 11.6 Å². The number of nitrogens with zero attached hydrogens (tertiary/aromatic N) is 2. The quantitative estimate of drug-likeness (QED) is 0.737. The number of thiophene rings is 1. The second-order valence-electron chi connectivity index (χ2n) is 4.98. The Hall–Kier alpha value is -2.81. The van der Waals surface area contributed by atoms with Gasteiger partial charge in [0, 0.05) is 16.5 Å². The van der Waals surface area contributed by atoms with Crippen LogP contribution in [0.1, 0.15) is 15.2 Å². The lowest BCUT2D eigenvalue weighted by molar-refractivity contribution is -0.274. The van der Waals surface area contributed by atoms with Gasteiger partial charge < -0.3 is 10.1 Å². The molecule has 1 N–H and O–H groups in total. The Morgan fingerprint density at radius 2 is 1.96 bits per heavy atom. The zero-order chi connectivity index (χ0) is 17.9. The molecule has 3 rings (SSSR count). The van der Waals surface area contributed by atoms with Crippen LogP contribution in [-0.2, 0) is 6.54 Å². The maximum Gasteiger partial charge on any atom is 0.573 e. The van der Waals surface area contributed by atoms with E-state index in [4.69, 9.17) is 0 Å². The van der Waals surface area contributed by atoms with Gasteiger partial charge in [0.25, 0.3) is 5.91 Å². The highest BCUT2D eigenvalue weighted by Crippen LogP contribution is 2.23. The summed E-state index contributed by atoms with van der Waals surface area (Å²) in [5, 5.41) is 8.79. The van der Waals surface area contributed by atoms with E-state index in [1.807, 2.05) is 17.5 Å². The Balaban J connectivity index is 1.67. The molecule has 0 atom stereocenters. The summed E-state index contributed by atoms with van der Waals surface area (Å²) in [4.78, 5) is 13.3. The topological polar surface area (TPSA) is 56.2 Å². The van der Waals surface area contributed by atoms with Gasteiger partial charge in [-0.05, 0) is 35.7 Å². The highest BCUT2D eigenvalue weighted by Gasteiger charge is 2.31. The van der Waals surface area contributed by atoms with Crippen molar-refractivity contribution in [3.8, 4) is 5.75 Å². The molecule has 1 aromatic carbocycles. The number of carbonyl (C=O) groups is 1. The van der Waals surface area contributed by atoms with Crippen LogP contribution in [0.15, 0.2) is 54.0 Å². The predicted molar refractivity (Wildman–Crippen MR) is 86.7 cm³/mol. The lowest BCUT2D eigenvalue weighted by Gasteiger charge is -2.10. The second kappa shape index (κ2) is 6.98. The monoisotopic (exact) mass is 367 g/mol. The molecule has 0 saturated carbocycles. The first kappa shape index (κ1) is 17.0. The number of amides is 1. The van der Waals surface area contributed by atoms with Crippen molar-refractivity contribution in [3.05, 3.63) is 64.5 Å². The Morgan fingerprint density at radius 1 is 1.20 bits per heavy atom. The van der Waals surface area contributed by atoms with Gasteiger partial charge in [0.2, 0.25) is 0 Å². The zero-order valence-corrected chi connectivity index (χ0v) is 13.5. The SMILES string of the molecule is O=C(Nc1ccnn1Cc1cccs1)c1ccc(OC(F)(F)F)cc1. The van der Waals surface area contributed by atoms with Gasteiger partial charge in [0.05, 0.1) is 12.7 Å². The molecular formula is C16H12F3N3O2S. The Labute approximate surface area is 144 Å². The average Bonchev–Trinajstić information content (AvgIpc) is 3.19. The van der Waals surface area contributed by atoms with Crippen LogP contribution in [0.5, 0.6) is 5.75 Å². The van der Waals surface area contributed by atoms with Gasteiger partial charge in [-0.15, -0.1) is 24.5 Å². The molecule has 2 heterocycles. The first-order valence-electron chi connectivity index (χ1n) is 7.12. The molecule has 0 aliphatic rings. The van der Waals surface area contributed by atoms with E-state index in [9.17, 15) is 18.0 Å². The van der Waals surface area contributed by atoms with Crippen LogP contribution in [0.4, 0.5) is 19.0 Å². The van der Waals surface area contributed by atoms with Crippen molar-refractivity contribution >= 4 is 23.1 Å². The van der Waals surface area contributed by atoms with E-state index in [0.717, 1.165) is 17.0 Å². The number of alkyl halides is 3. The highest BCUT2D eigenvalue weighted by atomic mass is 32.1. The molecule has 0 unspecified atom stereocenters. The van der Waals surface area contributed by atoms with Crippen molar-refractivity contribution in [2.75, 3.05) is 5.32 Å². The van der Waals surface area contributed by atoms with Crippen molar-refractivity contribution < 1.29 is 22.7 Å². The number of anilines is 1. The van der Waals surface area contributed by atoms with Crippen LogP contribution in [-0.4, -0.2) is 22.1 Å². The fraction of sp³-hybridized carbons (Fsp3) is 0.125. The summed E-state index contributed by atoms with van der Waals surface area (Å²) in [5.74, 6) is -0.340. The first-order chi connectivity index (χ1) is 11.9. The van der Waals surface area contributed by atoms with Crippen molar-refractivity contribution in [1.82, 2.24) is 9.78 Å². The Morgan fingerprint density at radius 3 is 2.60 bits per heavy atom. The third-order valence-corrected chi connectivity index (χ3v) is 4.06. The summed E-state index contributed by atoms with van der Waals surface area (Å²) < 4.78 is 41.8. The van der Waals surface area contributed by atoms with Crippen molar-refractivity contribution in [1.29, 1.82) is 0 Å². The number of hydrogen-bond acceptors (Lipinski definition) is 4. The van der Waals surface area contributed by atoms with Crippen LogP contribution in [0.25, 0.3) is 0 Å². The fourth-order valence-electron chi connectivity index (χ4n) is 2.11. The maximum atomic E-state index is 12.3. The van der Waals surface area contributed by atoms with Crippen LogP contribution in [0, 0.1) is 0 Å². The van der Waals surface area contributed by atoms with E-state index in [0.29, 0.717) is 12.4 Å². The number of nitrogens with one attached hydrogen (secondary N) is 1. The molecule has 0 spiro atoms.